The number of aliphatic hydroxyl groups is 1. The summed E-state index contributed by atoms with van der Waals surface area (Å²) in [6, 6.07) is 7.15. The van der Waals surface area contributed by atoms with E-state index in [1.165, 1.54) is 6.07 Å². The molecule has 2 aromatic carbocycles. The summed E-state index contributed by atoms with van der Waals surface area (Å²) in [5.74, 6) is -3.17. The van der Waals surface area contributed by atoms with Crippen LogP contribution in [0.4, 0.5) is 13.2 Å². The van der Waals surface area contributed by atoms with Gasteiger partial charge in [0.15, 0.2) is 17.4 Å². The zero-order chi connectivity index (χ0) is 15.4. The molecule has 0 heterocycles. The molecule has 0 saturated carbocycles. The second-order valence-corrected chi connectivity index (χ2v) is 4.25. The minimum Gasteiger partial charge on any atom is -0.483 e. The highest BCUT2D eigenvalue weighted by atomic mass is 19.1. The van der Waals surface area contributed by atoms with Crippen LogP contribution in [0.3, 0.4) is 0 Å². The number of aliphatic hydroxyl groups excluding tert-OH is 1. The molecule has 0 aromatic heterocycles. The number of ether oxygens (including phenoxy) is 1. The molecule has 0 radical (unpaired) electrons. The third kappa shape index (κ3) is 3.33. The van der Waals surface area contributed by atoms with Crippen LogP contribution in [0.1, 0.15) is 16.7 Å². The Labute approximate surface area is 118 Å². The van der Waals surface area contributed by atoms with Crippen LogP contribution in [0.25, 0.3) is 0 Å². The van der Waals surface area contributed by atoms with Gasteiger partial charge in [-0.05, 0) is 35.9 Å². The fourth-order valence-corrected chi connectivity index (χ4v) is 1.78. The van der Waals surface area contributed by atoms with Crippen molar-refractivity contribution in [1.82, 2.24) is 0 Å². The van der Waals surface area contributed by atoms with Crippen molar-refractivity contribution in [3.63, 3.8) is 0 Å². The van der Waals surface area contributed by atoms with Crippen molar-refractivity contribution in [3.05, 3.63) is 64.5 Å². The fourth-order valence-electron chi connectivity index (χ4n) is 1.78. The highest BCUT2D eigenvalue weighted by Crippen LogP contribution is 2.25. The van der Waals surface area contributed by atoms with Crippen LogP contribution < -0.4 is 4.74 Å². The molecular formula is C15H10F3NO2. The van der Waals surface area contributed by atoms with Crippen molar-refractivity contribution < 1.29 is 23.0 Å². The van der Waals surface area contributed by atoms with Gasteiger partial charge in [0.2, 0.25) is 0 Å². The Bertz CT molecular complexity index is 688. The molecule has 2 aromatic rings. The number of nitrogens with zero attached hydrogens (tertiary/aromatic N) is 1. The predicted octanol–water partition coefficient (Wildman–Crippen LogP) is 3.05. The normalized spacial score (nSPS) is 10.2. The van der Waals surface area contributed by atoms with Crippen LogP contribution in [0, 0.1) is 28.8 Å². The lowest BCUT2D eigenvalue weighted by Crippen LogP contribution is -2.03. The van der Waals surface area contributed by atoms with Gasteiger partial charge in [-0.3, -0.25) is 0 Å². The molecule has 3 nitrogen and oxygen atoms in total. The summed E-state index contributed by atoms with van der Waals surface area (Å²) in [7, 11) is 0. The van der Waals surface area contributed by atoms with Crippen LogP contribution in [-0.4, -0.2) is 5.11 Å². The van der Waals surface area contributed by atoms with Crippen molar-refractivity contribution >= 4 is 0 Å². The van der Waals surface area contributed by atoms with Gasteiger partial charge in [-0.2, -0.15) is 5.26 Å². The molecule has 0 amide bonds. The molecule has 0 unspecified atom stereocenters. The first-order valence-electron chi connectivity index (χ1n) is 5.95. The molecule has 0 aliphatic heterocycles. The average Bonchev–Trinajstić information content (AvgIpc) is 2.46. The van der Waals surface area contributed by atoms with Crippen molar-refractivity contribution in [3.8, 4) is 11.8 Å². The van der Waals surface area contributed by atoms with E-state index in [0.29, 0.717) is 0 Å². The Balaban J connectivity index is 2.25. The molecule has 0 fully saturated rings. The van der Waals surface area contributed by atoms with Gasteiger partial charge in [0.1, 0.15) is 12.4 Å². The topological polar surface area (TPSA) is 53.2 Å². The maximum atomic E-state index is 13.6. The molecule has 0 saturated heterocycles. The van der Waals surface area contributed by atoms with Crippen molar-refractivity contribution in [2.24, 2.45) is 0 Å². The molecule has 0 aliphatic carbocycles. The van der Waals surface area contributed by atoms with Gasteiger partial charge in [0.25, 0.3) is 0 Å². The van der Waals surface area contributed by atoms with Gasteiger partial charge in [-0.15, -0.1) is 0 Å². The maximum absolute atomic E-state index is 13.6. The summed E-state index contributed by atoms with van der Waals surface area (Å²) >= 11 is 0. The van der Waals surface area contributed by atoms with Gasteiger partial charge >= 0.3 is 0 Å². The molecule has 6 heteroatoms. The summed E-state index contributed by atoms with van der Waals surface area (Å²) in [5.41, 5.74) is 0.410. The first-order chi connectivity index (χ1) is 10.0. The Kier molecular flexibility index (Phi) is 4.45. The highest BCUT2D eigenvalue weighted by molar-refractivity contribution is 5.38. The van der Waals surface area contributed by atoms with E-state index in [9.17, 15) is 13.2 Å². The molecule has 108 valence electrons. The second kappa shape index (κ2) is 6.29. The van der Waals surface area contributed by atoms with Crippen molar-refractivity contribution in [2.45, 2.75) is 13.2 Å². The molecule has 1 N–H and O–H groups in total. The molecule has 21 heavy (non-hydrogen) atoms. The summed E-state index contributed by atoms with van der Waals surface area (Å²) in [6.45, 7) is -0.858. The van der Waals surface area contributed by atoms with E-state index in [2.05, 4.69) is 0 Å². The lowest BCUT2D eigenvalue weighted by molar-refractivity contribution is 0.265. The minimum absolute atomic E-state index is 0.0702. The van der Waals surface area contributed by atoms with Gasteiger partial charge < -0.3 is 9.84 Å². The number of rotatable bonds is 4. The summed E-state index contributed by atoms with van der Waals surface area (Å²) in [5, 5.41) is 17.7. The van der Waals surface area contributed by atoms with E-state index in [0.717, 1.165) is 24.3 Å². The SMILES string of the molecule is N#Cc1ccc(F)cc1COc1c(F)cc(CO)cc1F. The fraction of sp³-hybridized carbons (Fsp3) is 0.133. The van der Waals surface area contributed by atoms with Gasteiger partial charge in [0, 0.05) is 5.56 Å². The Morgan fingerprint density at radius 1 is 1.10 bits per heavy atom. The Morgan fingerprint density at radius 2 is 1.76 bits per heavy atom. The van der Waals surface area contributed by atoms with E-state index >= 15 is 0 Å². The largest absolute Gasteiger partial charge is 0.483 e. The standard InChI is InChI=1S/C15H10F3NO2/c16-12-2-1-10(6-19)11(5-12)8-21-15-13(17)3-9(7-20)4-14(15)18/h1-5,20H,7-8H2. The number of hydrogen-bond donors (Lipinski definition) is 1. The number of benzene rings is 2. The van der Waals surface area contributed by atoms with Crippen LogP contribution in [0.15, 0.2) is 30.3 Å². The van der Waals surface area contributed by atoms with Gasteiger partial charge in [-0.25, -0.2) is 13.2 Å². The molecule has 0 bridgehead atoms. The molecule has 0 spiro atoms. The Hall–Kier alpha value is -2.52. The van der Waals surface area contributed by atoms with E-state index < -0.39 is 29.8 Å². The summed E-state index contributed by atoms with van der Waals surface area (Å²) in [4.78, 5) is 0. The Morgan fingerprint density at radius 3 is 2.33 bits per heavy atom. The predicted molar refractivity (Wildman–Crippen MR) is 67.7 cm³/mol. The monoisotopic (exact) mass is 293 g/mol. The zero-order valence-electron chi connectivity index (χ0n) is 10.7. The smallest absolute Gasteiger partial charge is 0.191 e. The zero-order valence-corrected chi connectivity index (χ0v) is 10.7. The lowest BCUT2D eigenvalue weighted by atomic mass is 10.1. The third-order valence-electron chi connectivity index (χ3n) is 2.80. The van der Waals surface area contributed by atoms with E-state index in [4.69, 9.17) is 15.1 Å². The number of halogens is 3. The van der Waals surface area contributed by atoms with E-state index in [-0.39, 0.29) is 23.3 Å². The minimum atomic E-state index is -0.978. The van der Waals surface area contributed by atoms with Gasteiger partial charge in [0.05, 0.1) is 18.2 Å². The van der Waals surface area contributed by atoms with Crippen LogP contribution in [-0.2, 0) is 13.2 Å². The van der Waals surface area contributed by atoms with Crippen molar-refractivity contribution in [2.75, 3.05) is 0 Å². The summed E-state index contributed by atoms with van der Waals surface area (Å²) < 4.78 is 45.4. The highest BCUT2D eigenvalue weighted by Gasteiger charge is 2.14. The quantitative estimate of drug-likeness (QED) is 0.942. The molecular weight excluding hydrogens is 283 g/mol. The first-order valence-corrected chi connectivity index (χ1v) is 5.95. The third-order valence-corrected chi connectivity index (χ3v) is 2.80. The number of hydrogen-bond acceptors (Lipinski definition) is 3. The average molecular weight is 293 g/mol. The van der Waals surface area contributed by atoms with Crippen LogP contribution in [0.2, 0.25) is 0 Å². The van der Waals surface area contributed by atoms with Crippen LogP contribution in [0.5, 0.6) is 5.75 Å². The van der Waals surface area contributed by atoms with Crippen LogP contribution >= 0.6 is 0 Å². The maximum Gasteiger partial charge on any atom is 0.191 e. The van der Waals surface area contributed by atoms with Gasteiger partial charge in [-0.1, -0.05) is 0 Å². The molecule has 0 atom stereocenters. The van der Waals surface area contributed by atoms with E-state index in [1.807, 2.05) is 6.07 Å². The first kappa shape index (κ1) is 14.9. The lowest BCUT2D eigenvalue weighted by Gasteiger charge is -2.10. The number of nitriles is 1. The van der Waals surface area contributed by atoms with Crippen molar-refractivity contribution in [1.29, 1.82) is 5.26 Å². The second-order valence-electron chi connectivity index (χ2n) is 4.25. The van der Waals surface area contributed by atoms with E-state index in [1.54, 1.807) is 0 Å². The summed E-state index contributed by atoms with van der Waals surface area (Å²) in [6.07, 6.45) is 0. The molecule has 0 aliphatic rings. The molecule has 2 rings (SSSR count).